The monoisotopic (exact) mass is 335 g/mol. The van der Waals surface area contributed by atoms with Crippen molar-refractivity contribution in [1.29, 1.82) is 0 Å². The second-order valence-corrected chi connectivity index (χ2v) is 6.00. The summed E-state index contributed by atoms with van der Waals surface area (Å²) in [5.74, 6) is -0.339. The molecule has 0 saturated carbocycles. The van der Waals surface area contributed by atoms with Gasteiger partial charge in [0.25, 0.3) is 5.56 Å². The van der Waals surface area contributed by atoms with Crippen molar-refractivity contribution in [3.8, 4) is 11.6 Å². The summed E-state index contributed by atoms with van der Waals surface area (Å²) in [7, 11) is 0. The molecule has 4 rings (SSSR count). The number of fused-ring (bicyclic) bond motifs is 1. The summed E-state index contributed by atoms with van der Waals surface area (Å²) < 4.78 is 1.12. The van der Waals surface area contributed by atoms with Crippen molar-refractivity contribution in [3.05, 3.63) is 92.1 Å². The summed E-state index contributed by atoms with van der Waals surface area (Å²) >= 11 is 0. The first-order valence-corrected chi connectivity index (χ1v) is 8.11. The molecular formula is C19H17N3O3. The number of aromatic nitrogens is 2. The van der Waals surface area contributed by atoms with Crippen LogP contribution in [0.4, 0.5) is 0 Å². The first-order chi connectivity index (χ1) is 12.2. The Bertz CT molecular complexity index is 1040. The van der Waals surface area contributed by atoms with Crippen molar-refractivity contribution in [2.75, 3.05) is 6.54 Å². The molecule has 6 nitrogen and oxygen atoms in total. The van der Waals surface area contributed by atoms with Crippen LogP contribution in [-0.2, 0) is 6.42 Å². The number of rotatable bonds is 2. The van der Waals surface area contributed by atoms with Gasteiger partial charge >= 0.3 is 5.69 Å². The summed E-state index contributed by atoms with van der Waals surface area (Å²) in [6, 6.07) is 16.1. The number of aromatic hydroxyl groups is 1. The van der Waals surface area contributed by atoms with E-state index in [2.05, 4.69) is 10.3 Å². The van der Waals surface area contributed by atoms with Crippen molar-refractivity contribution in [2.45, 2.75) is 12.5 Å². The molecule has 1 aliphatic rings. The molecule has 0 radical (unpaired) electrons. The van der Waals surface area contributed by atoms with Gasteiger partial charge in [0, 0.05) is 6.54 Å². The largest absolute Gasteiger partial charge is 0.494 e. The Hall–Kier alpha value is -3.12. The van der Waals surface area contributed by atoms with E-state index in [1.165, 1.54) is 0 Å². The molecule has 0 spiro atoms. The topological polar surface area (TPSA) is 87.1 Å². The van der Waals surface area contributed by atoms with Crippen LogP contribution in [0.1, 0.15) is 22.7 Å². The number of nitrogens with one attached hydrogen (secondary N) is 2. The smallest absolute Gasteiger partial charge is 0.335 e. The molecular weight excluding hydrogens is 318 g/mol. The van der Waals surface area contributed by atoms with Crippen LogP contribution in [0.2, 0.25) is 0 Å². The van der Waals surface area contributed by atoms with Gasteiger partial charge in [-0.3, -0.25) is 9.78 Å². The third-order valence-electron chi connectivity index (χ3n) is 4.53. The van der Waals surface area contributed by atoms with E-state index in [1.54, 1.807) is 24.3 Å². The van der Waals surface area contributed by atoms with E-state index in [0.29, 0.717) is 12.2 Å². The zero-order chi connectivity index (χ0) is 17.4. The lowest BCUT2D eigenvalue weighted by Gasteiger charge is -2.27. The molecule has 126 valence electrons. The Kier molecular flexibility index (Phi) is 3.74. The van der Waals surface area contributed by atoms with Crippen LogP contribution in [0, 0.1) is 0 Å². The molecule has 2 aromatic carbocycles. The van der Waals surface area contributed by atoms with Crippen molar-refractivity contribution >= 4 is 0 Å². The van der Waals surface area contributed by atoms with Gasteiger partial charge in [0.1, 0.15) is 0 Å². The van der Waals surface area contributed by atoms with Gasteiger partial charge in [-0.1, -0.05) is 42.5 Å². The highest BCUT2D eigenvalue weighted by Gasteiger charge is 2.28. The van der Waals surface area contributed by atoms with Gasteiger partial charge in [0.15, 0.2) is 0 Å². The Morgan fingerprint density at radius 2 is 1.72 bits per heavy atom. The summed E-state index contributed by atoms with van der Waals surface area (Å²) in [6.07, 6.45) is 0.851. The summed E-state index contributed by atoms with van der Waals surface area (Å²) in [6.45, 7) is 0.686. The first kappa shape index (κ1) is 15.4. The zero-order valence-electron chi connectivity index (χ0n) is 13.4. The predicted octanol–water partition coefficient (Wildman–Crippen LogP) is 1.47. The second kappa shape index (κ2) is 6.07. The van der Waals surface area contributed by atoms with E-state index in [9.17, 15) is 14.7 Å². The standard InChI is InChI=1S/C19H17N3O3/c23-17-15(16-14-9-5-4-6-12(14)10-11-20-16)18(24)22(19(25)21-17)13-7-2-1-3-8-13/h1-9,16,20,24H,10-11H2,(H,21,23,25). The molecule has 2 heterocycles. The van der Waals surface area contributed by atoms with Gasteiger partial charge in [0.05, 0.1) is 17.3 Å². The molecule has 1 unspecified atom stereocenters. The predicted molar refractivity (Wildman–Crippen MR) is 94.3 cm³/mol. The molecule has 0 fully saturated rings. The number of nitrogens with zero attached hydrogens (tertiary/aromatic N) is 1. The minimum atomic E-state index is -0.665. The molecule has 0 bridgehead atoms. The Balaban J connectivity index is 1.96. The van der Waals surface area contributed by atoms with E-state index in [0.717, 1.165) is 22.1 Å². The van der Waals surface area contributed by atoms with Crippen LogP contribution in [0.25, 0.3) is 5.69 Å². The van der Waals surface area contributed by atoms with Gasteiger partial charge in [-0.25, -0.2) is 9.36 Å². The average Bonchev–Trinajstić information content (AvgIpc) is 2.62. The van der Waals surface area contributed by atoms with Crippen molar-refractivity contribution in [2.24, 2.45) is 0 Å². The van der Waals surface area contributed by atoms with Crippen LogP contribution >= 0.6 is 0 Å². The number of H-pyrrole nitrogens is 1. The highest BCUT2D eigenvalue weighted by atomic mass is 16.3. The molecule has 0 saturated heterocycles. The maximum atomic E-state index is 12.5. The fourth-order valence-electron chi connectivity index (χ4n) is 3.38. The van der Waals surface area contributed by atoms with Crippen LogP contribution in [0.15, 0.2) is 64.2 Å². The molecule has 0 aliphatic carbocycles. The number of hydrogen-bond acceptors (Lipinski definition) is 4. The SMILES string of the molecule is O=c1[nH]c(=O)n(-c2ccccc2)c(O)c1C1NCCc2ccccc21. The maximum absolute atomic E-state index is 12.5. The van der Waals surface area contributed by atoms with Gasteiger partial charge < -0.3 is 10.4 Å². The fourth-order valence-corrected chi connectivity index (χ4v) is 3.38. The molecule has 1 atom stereocenters. The number of hydrogen-bond donors (Lipinski definition) is 3. The van der Waals surface area contributed by atoms with Gasteiger partial charge in [-0.05, 0) is 29.7 Å². The third-order valence-corrected chi connectivity index (χ3v) is 4.53. The number of benzene rings is 2. The van der Waals surface area contributed by atoms with E-state index in [4.69, 9.17) is 0 Å². The third kappa shape index (κ3) is 2.56. The average molecular weight is 335 g/mol. The highest BCUT2D eigenvalue weighted by Crippen LogP contribution is 2.31. The fraction of sp³-hybridized carbons (Fsp3) is 0.158. The lowest BCUT2D eigenvalue weighted by Crippen LogP contribution is -2.38. The van der Waals surface area contributed by atoms with E-state index in [-0.39, 0.29) is 11.4 Å². The Labute approximate surface area is 143 Å². The molecule has 3 N–H and O–H groups in total. The number of para-hydroxylation sites is 1. The lowest BCUT2D eigenvalue weighted by molar-refractivity contribution is 0.410. The van der Waals surface area contributed by atoms with Crippen molar-refractivity contribution in [3.63, 3.8) is 0 Å². The zero-order valence-corrected chi connectivity index (χ0v) is 13.4. The molecule has 6 heteroatoms. The Morgan fingerprint density at radius 3 is 2.52 bits per heavy atom. The maximum Gasteiger partial charge on any atom is 0.335 e. The van der Waals surface area contributed by atoms with Crippen LogP contribution in [-0.4, -0.2) is 21.2 Å². The summed E-state index contributed by atoms with van der Waals surface area (Å²) in [4.78, 5) is 27.1. The molecule has 3 aromatic rings. The minimum absolute atomic E-state index is 0.149. The number of aromatic amines is 1. The van der Waals surface area contributed by atoms with Crippen LogP contribution in [0.3, 0.4) is 0 Å². The van der Waals surface area contributed by atoms with E-state index >= 15 is 0 Å². The van der Waals surface area contributed by atoms with Crippen molar-refractivity contribution in [1.82, 2.24) is 14.9 Å². The van der Waals surface area contributed by atoms with Crippen LogP contribution in [0.5, 0.6) is 5.88 Å². The van der Waals surface area contributed by atoms with Gasteiger partial charge in [-0.15, -0.1) is 0 Å². The minimum Gasteiger partial charge on any atom is -0.494 e. The Morgan fingerprint density at radius 1 is 1.00 bits per heavy atom. The van der Waals surface area contributed by atoms with Gasteiger partial charge in [0.2, 0.25) is 5.88 Å². The quantitative estimate of drug-likeness (QED) is 0.662. The van der Waals surface area contributed by atoms with E-state index in [1.807, 2.05) is 30.3 Å². The second-order valence-electron chi connectivity index (χ2n) is 6.00. The van der Waals surface area contributed by atoms with Crippen molar-refractivity contribution < 1.29 is 5.11 Å². The molecule has 1 aliphatic heterocycles. The van der Waals surface area contributed by atoms with Gasteiger partial charge in [-0.2, -0.15) is 0 Å². The molecule has 1 aromatic heterocycles. The lowest BCUT2D eigenvalue weighted by atomic mass is 9.90. The summed E-state index contributed by atoms with van der Waals surface area (Å²) in [5.41, 5.74) is 1.46. The molecule has 25 heavy (non-hydrogen) atoms. The first-order valence-electron chi connectivity index (χ1n) is 8.11. The normalized spacial score (nSPS) is 16.4. The van der Waals surface area contributed by atoms with Crippen LogP contribution < -0.4 is 16.6 Å². The summed E-state index contributed by atoms with van der Waals surface area (Å²) in [5, 5.41) is 14.1. The molecule has 0 amide bonds. The highest BCUT2D eigenvalue weighted by molar-refractivity contribution is 5.45. The van der Waals surface area contributed by atoms with E-state index < -0.39 is 17.3 Å².